The molecule has 206 valence electrons. The van der Waals surface area contributed by atoms with E-state index >= 15 is 0 Å². The summed E-state index contributed by atoms with van der Waals surface area (Å²) in [5.74, 6) is 1.41. The molecule has 4 rings (SSSR count). The van der Waals surface area contributed by atoms with Gasteiger partial charge in [-0.15, -0.1) is 0 Å². The molecule has 1 aliphatic rings. The minimum Gasteiger partial charge on any atom is -0.497 e. The molecule has 2 N–H and O–H groups in total. The van der Waals surface area contributed by atoms with Gasteiger partial charge in [0.05, 0.1) is 36.3 Å². The molecule has 0 amide bonds. The second-order valence-corrected chi connectivity index (χ2v) is 9.68. The molecule has 39 heavy (non-hydrogen) atoms. The van der Waals surface area contributed by atoms with Crippen LogP contribution in [0.1, 0.15) is 48.5 Å². The summed E-state index contributed by atoms with van der Waals surface area (Å²) in [6, 6.07) is 6.22. The van der Waals surface area contributed by atoms with Gasteiger partial charge in [0, 0.05) is 42.4 Å². The summed E-state index contributed by atoms with van der Waals surface area (Å²) < 4.78 is 59.8. The quantitative estimate of drug-likeness (QED) is 0.301. The number of hydrogen-bond donors (Lipinski definition) is 2. The molecule has 0 saturated carbocycles. The Morgan fingerprint density at radius 1 is 1.18 bits per heavy atom. The molecule has 0 unspecified atom stereocenters. The van der Waals surface area contributed by atoms with E-state index in [1.165, 1.54) is 13.3 Å². The maximum Gasteiger partial charge on any atom is 0.309 e. The van der Waals surface area contributed by atoms with Crippen molar-refractivity contribution >= 4 is 16.9 Å². The average Bonchev–Trinajstić information content (AvgIpc) is 2.92. The zero-order valence-electron chi connectivity index (χ0n) is 21.3. The van der Waals surface area contributed by atoms with Crippen LogP contribution in [0.15, 0.2) is 36.5 Å². The number of aliphatic hydroxyl groups is 1. The fourth-order valence-corrected chi connectivity index (χ4v) is 5.03. The van der Waals surface area contributed by atoms with Crippen molar-refractivity contribution in [1.29, 1.82) is 0 Å². The number of carboxylic acid groups (broad SMARTS) is 1. The molecule has 1 atom stereocenters. The smallest absolute Gasteiger partial charge is 0.309 e. The van der Waals surface area contributed by atoms with Gasteiger partial charge in [0.2, 0.25) is 0 Å². The number of carboxylic acids is 1. The number of pyridine rings is 1. The molecule has 0 bridgehead atoms. The van der Waals surface area contributed by atoms with Gasteiger partial charge in [-0.3, -0.25) is 14.7 Å². The van der Waals surface area contributed by atoms with Crippen LogP contribution in [0.5, 0.6) is 5.75 Å². The van der Waals surface area contributed by atoms with Gasteiger partial charge in [-0.2, -0.15) is 0 Å². The molecule has 1 aliphatic heterocycles. The second-order valence-electron chi connectivity index (χ2n) is 9.68. The highest BCUT2D eigenvalue weighted by atomic mass is 19.1. The number of ether oxygens (including phenoxy) is 1. The van der Waals surface area contributed by atoms with Crippen molar-refractivity contribution in [3.63, 3.8) is 0 Å². The number of methoxy groups -OCH3 is 1. The molecule has 2 heterocycles. The van der Waals surface area contributed by atoms with E-state index in [2.05, 4.69) is 16.8 Å². The molecule has 1 saturated heterocycles. The molecular weight excluding hydrogens is 516 g/mol. The minimum atomic E-state index is -1.12. The van der Waals surface area contributed by atoms with Gasteiger partial charge >= 0.3 is 5.97 Å². The van der Waals surface area contributed by atoms with Crippen LogP contribution in [0.3, 0.4) is 0 Å². The van der Waals surface area contributed by atoms with E-state index in [1.807, 2.05) is 4.90 Å². The van der Waals surface area contributed by atoms with Crippen LogP contribution in [0.4, 0.5) is 17.6 Å². The Bertz CT molecular complexity index is 1400. The minimum absolute atomic E-state index is 0.0958. The molecule has 10 heteroatoms. The van der Waals surface area contributed by atoms with E-state index in [9.17, 15) is 32.6 Å². The Labute approximate surface area is 223 Å². The molecule has 0 radical (unpaired) electrons. The van der Waals surface area contributed by atoms with Crippen molar-refractivity contribution in [2.24, 2.45) is 5.41 Å². The largest absolute Gasteiger partial charge is 0.497 e. The van der Waals surface area contributed by atoms with Crippen molar-refractivity contribution in [1.82, 2.24) is 9.88 Å². The first kappa shape index (κ1) is 28.3. The number of halogens is 4. The molecule has 1 fully saturated rings. The van der Waals surface area contributed by atoms with Crippen molar-refractivity contribution in [2.45, 2.75) is 38.5 Å². The lowest BCUT2D eigenvalue weighted by Crippen LogP contribution is -2.44. The molecule has 0 spiro atoms. The highest BCUT2D eigenvalue weighted by Crippen LogP contribution is 2.40. The number of aliphatic hydroxyl groups excluding tert-OH is 1. The number of carbonyl (C=O) groups is 1. The lowest BCUT2D eigenvalue weighted by Gasteiger charge is -2.38. The van der Waals surface area contributed by atoms with Gasteiger partial charge in [0.25, 0.3) is 0 Å². The van der Waals surface area contributed by atoms with Crippen LogP contribution in [0, 0.1) is 34.7 Å². The summed E-state index contributed by atoms with van der Waals surface area (Å²) in [7, 11) is 1.50. The lowest BCUT2D eigenvalue weighted by atomic mass is 9.74. The Morgan fingerprint density at radius 2 is 1.87 bits per heavy atom. The van der Waals surface area contributed by atoms with Gasteiger partial charge in [-0.1, -0.05) is 11.8 Å². The van der Waals surface area contributed by atoms with Gasteiger partial charge in [-0.25, -0.2) is 17.6 Å². The van der Waals surface area contributed by atoms with Crippen molar-refractivity contribution in [2.75, 3.05) is 26.7 Å². The topological polar surface area (TPSA) is 82.9 Å². The Kier molecular flexibility index (Phi) is 8.73. The molecule has 1 aromatic heterocycles. The predicted molar refractivity (Wildman–Crippen MR) is 136 cm³/mol. The Morgan fingerprint density at radius 3 is 2.49 bits per heavy atom. The van der Waals surface area contributed by atoms with Gasteiger partial charge in [0.15, 0.2) is 0 Å². The fourth-order valence-electron chi connectivity index (χ4n) is 5.03. The van der Waals surface area contributed by atoms with E-state index < -0.39 is 47.2 Å². The number of alkyl halides is 1. The van der Waals surface area contributed by atoms with E-state index in [1.54, 1.807) is 18.2 Å². The SMILES string of the molecule is COc1ccc2ncc(CF)c([C@H](O)CCC3(C(=O)O)CCN(CC#Cc4c(F)cc(F)cc4F)CC3)c2c1. The summed E-state index contributed by atoms with van der Waals surface area (Å²) in [5.41, 5.74) is -0.456. The highest BCUT2D eigenvalue weighted by Gasteiger charge is 2.41. The lowest BCUT2D eigenvalue weighted by molar-refractivity contribution is -0.153. The number of aromatic nitrogens is 1. The van der Waals surface area contributed by atoms with Crippen LogP contribution >= 0.6 is 0 Å². The van der Waals surface area contributed by atoms with Crippen LogP contribution in [-0.4, -0.2) is 52.8 Å². The summed E-state index contributed by atoms with van der Waals surface area (Å²) >= 11 is 0. The summed E-state index contributed by atoms with van der Waals surface area (Å²) in [5, 5.41) is 21.7. The standard InChI is InChI=1S/C29H28F4N2O4/c1-39-20-4-5-25-22(15-20)27(18(16-30)17-34-25)26(36)6-7-29(28(37)38)8-11-35(12-9-29)10-2-3-21-23(32)13-19(31)14-24(21)33/h4-5,13-15,17,26,36H,6-12,16H2,1H3,(H,37,38)/t26-/m1/s1. The molecule has 2 aromatic carbocycles. The van der Waals surface area contributed by atoms with Crippen molar-refractivity contribution < 1.29 is 37.3 Å². The zero-order valence-corrected chi connectivity index (χ0v) is 21.3. The first-order valence-corrected chi connectivity index (χ1v) is 12.5. The number of piperidine rings is 1. The normalized spacial score (nSPS) is 15.9. The van der Waals surface area contributed by atoms with Gasteiger partial charge < -0.3 is 14.9 Å². The van der Waals surface area contributed by atoms with Crippen molar-refractivity contribution in [3.8, 4) is 17.6 Å². The number of nitrogens with zero attached hydrogens (tertiary/aromatic N) is 2. The van der Waals surface area contributed by atoms with E-state index in [0.717, 1.165) is 0 Å². The number of rotatable bonds is 8. The number of likely N-dealkylation sites (tertiary alicyclic amines) is 1. The zero-order chi connectivity index (χ0) is 28.2. The van der Waals surface area contributed by atoms with E-state index in [4.69, 9.17) is 4.74 Å². The Balaban J connectivity index is 1.44. The van der Waals surface area contributed by atoms with Crippen LogP contribution in [0.25, 0.3) is 10.9 Å². The maximum atomic E-state index is 13.8. The third-order valence-electron chi connectivity index (χ3n) is 7.36. The van der Waals surface area contributed by atoms with Crippen LogP contribution < -0.4 is 4.74 Å². The van der Waals surface area contributed by atoms with Gasteiger partial charge in [-0.05, 0) is 49.4 Å². The fraction of sp³-hybridized carbons (Fsp3) is 0.379. The first-order chi connectivity index (χ1) is 18.7. The van der Waals surface area contributed by atoms with Gasteiger partial charge in [0.1, 0.15) is 29.9 Å². The van der Waals surface area contributed by atoms with E-state index in [0.29, 0.717) is 47.4 Å². The first-order valence-electron chi connectivity index (χ1n) is 12.5. The molecular formula is C29H28F4N2O4. The number of hydrogen-bond acceptors (Lipinski definition) is 5. The summed E-state index contributed by atoms with van der Waals surface area (Å²) in [6.07, 6.45) is 1.07. The van der Waals surface area contributed by atoms with E-state index in [-0.39, 0.29) is 37.8 Å². The molecule has 0 aliphatic carbocycles. The number of fused-ring (bicyclic) bond motifs is 1. The second kappa shape index (κ2) is 12.0. The predicted octanol–water partition coefficient (Wildman–Crippen LogP) is 5.16. The number of aliphatic carboxylic acids is 1. The van der Waals surface area contributed by atoms with Crippen LogP contribution in [0.2, 0.25) is 0 Å². The average molecular weight is 545 g/mol. The monoisotopic (exact) mass is 544 g/mol. The Hall–Kier alpha value is -3.68. The van der Waals surface area contributed by atoms with Crippen molar-refractivity contribution in [3.05, 3.63) is 70.7 Å². The third-order valence-corrected chi connectivity index (χ3v) is 7.36. The summed E-state index contributed by atoms with van der Waals surface area (Å²) in [6.45, 7) is 0.0603. The molecule has 3 aromatic rings. The molecule has 6 nitrogen and oxygen atoms in total. The summed E-state index contributed by atoms with van der Waals surface area (Å²) in [4.78, 5) is 18.4. The number of benzene rings is 2. The third kappa shape index (κ3) is 6.15. The highest BCUT2D eigenvalue weighted by molar-refractivity contribution is 5.85. The maximum absolute atomic E-state index is 13.8. The van der Waals surface area contributed by atoms with Crippen LogP contribution in [-0.2, 0) is 11.5 Å².